The van der Waals surface area contributed by atoms with Crippen molar-refractivity contribution in [2.45, 2.75) is 26.4 Å². The quantitative estimate of drug-likeness (QED) is 0.568. The molecule has 1 aliphatic heterocycles. The first-order valence-electron chi connectivity index (χ1n) is 9.15. The van der Waals surface area contributed by atoms with E-state index in [0.29, 0.717) is 11.3 Å². The molecule has 2 aromatic rings. The fourth-order valence-corrected chi connectivity index (χ4v) is 3.28. The largest absolute Gasteiger partial charge is 0.497 e. The number of hydrogen-bond acceptors (Lipinski definition) is 5. The van der Waals surface area contributed by atoms with Crippen LogP contribution in [-0.4, -0.2) is 37.4 Å². The minimum absolute atomic E-state index is 0.0800. The first-order valence-corrected chi connectivity index (χ1v) is 9.15. The molecule has 1 fully saturated rings. The summed E-state index contributed by atoms with van der Waals surface area (Å²) in [5.74, 6) is -0.888. The van der Waals surface area contributed by atoms with Crippen molar-refractivity contribution in [2.75, 3.05) is 18.6 Å². The van der Waals surface area contributed by atoms with Gasteiger partial charge >= 0.3 is 5.97 Å². The summed E-state index contributed by atoms with van der Waals surface area (Å²) in [5, 5.41) is 0. The Morgan fingerprint density at radius 3 is 2.43 bits per heavy atom. The van der Waals surface area contributed by atoms with Crippen molar-refractivity contribution in [1.29, 1.82) is 0 Å². The van der Waals surface area contributed by atoms with Crippen LogP contribution in [0.2, 0.25) is 0 Å². The van der Waals surface area contributed by atoms with Crippen LogP contribution in [0.3, 0.4) is 0 Å². The lowest BCUT2D eigenvalue weighted by atomic mass is 10.1. The van der Waals surface area contributed by atoms with Gasteiger partial charge in [0.05, 0.1) is 13.0 Å². The first-order chi connectivity index (χ1) is 13.4. The number of nitrogens with zero attached hydrogens (tertiary/aromatic N) is 1. The van der Waals surface area contributed by atoms with E-state index in [9.17, 15) is 14.4 Å². The van der Waals surface area contributed by atoms with Crippen molar-refractivity contribution < 1.29 is 23.9 Å². The molecule has 3 rings (SSSR count). The third-order valence-electron chi connectivity index (χ3n) is 4.90. The van der Waals surface area contributed by atoms with Gasteiger partial charge in [0, 0.05) is 24.2 Å². The molecule has 146 valence electrons. The zero-order chi connectivity index (χ0) is 20.3. The number of hydrogen-bond donors (Lipinski definition) is 0. The maximum Gasteiger partial charge on any atom is 0.312 e. The Balaban J connectivity index is 1.63. The third kappa shape index (κ3) is 4.06. The summed E-state index contributed by atoms with van der Waals surface area (Å²) in [6, 6.07) is 14.2. The number of aryl methyl sites for hydroxylation is 1. The van der Waals surface area contributed by atoms with E-state index < -0.39 is 18.0 Å². The summed E-state index contributed by atoms with van der Waals surface area (Å²) in [5.41, 5.74) is 2.20. The van der Waals surface area contributed by atoms with Gasteiger partial charge in [0.1, 0.15) is 5.75 Å². The molecular weight excluding hydrogens is 358 g/mol. The number of amides is 1. The van der Waals surface area contributed by atoms with Crippen LogP contribution >= 0.6 is 0 Å². The van der Waals surface area contributed by atoms with E-state index in [-0.39, 0.29) is 24.7 Å². The summed E-state index contributed by atoms with van der Waals surface area (Å²) in [4.78, 5) is 39.0. The summed E-state index contributed by atoms with van der Waals surface area (Å²) >= 11 is 0. The molecule has 28 heavy (non-hydrogen) atoms. The highest BCUT2D eigenvalue weighted by Crippen LogP contribution is 2.28. The Morgan fingerprint density at radius 1 is 1.11 bits per heavy atom. The zero-order valence-electron chi connectivity index (χ0n) is 16.2. The number of Topliss-reactive ketones (excluding diaryl/α,β-unsaturated/α-hetero) is 1. The number of ether oxygens (including phenoxy) is 2. The predicted molar refractivity (Wildman–Crippen MR) is 105 cm³/mol. The second-order valence-corrected chi connectivity index (χ2v) is 6.86. The van der Waals surface area contributed by atoms with Gasteiger partial charge in [0.2, 0.25) is 11.7 Å². The van der Waals surface area contributed by atoms with Crippen LogP contribution in [0.25, 0.3) is 0 Å². The maximum absolute atomic E-state index is 12.5. The highest BCUT2D eigenvalue weighted by atomic mass is 16.5. The van der Waals surface area contributed by atoms with Crippen LogP contribution in [0.4, 0.5) is 5.69 Å². The van der Waals surface area contributed by atoms with Crippen LogP contribution in [0, 0.1) is 12.8 Å². The van der Waals surface area contributed by atoms with Gasteiger partial charge in [-0.25, -0.2) is 0 Å². The Labute approximate surface area is 164 Å². The van der Waals surface area contributed by atoms with Gasteiger partial charge in [0.15, 0.2) is 6.10 Å². The minimum atomic E-state index is -0.927. The Hall–Kier alpha value is -3.15. The van der Waals surface area contributed by atoms with Crippen molar-refractivity contribution in [3.63, 3.8) is 0 Å². The van der Waals surface area contributed by atoms with Crippen molar-refractivity contribution in [3.8, 4) is 5.75 Å². The number of benzene rings is 2. The molecule has 0 saturated carbocycles. The van der Waals surface area contributed by atoms with Crippen molar-refractivity contribution >= 4 is 23.3 Å². The van der Waals surface area contributed by atoms with E-state index in [2.05, 4.69) is 0 Å². The third-order valence-corrected chi connectivity index (χ3v) is 4.90. The lowest BCUT2D eigenvalue weighted by molar-refractivity contribution is -0.151. The molecule has 6 nitrogen and oxygen atoms in total. The van der Waals surface area contributed by atoms with Crippen LogP contribution < -0.4 is 9.64 Å². The molecule has 1 aliphatic rings. The molecule has 1 heterocycles. The lowest BCUT2D eigenvalue weighted by Crippen LogP contribution is -2.30. The Bertz CT molecular complexity index is 890. The second kappa shape index (κ2) is 8.25. The Morgan fingerprint density at radius 2 is 1.79 bits per heavy atom. The van der Waals surface area contributed by atoms with Gasteiger partial charge in [-0.3, -0.25) is 14.4 Å². The number of para-hydroxylation sites is 1. The van der Waals surface area contributed by atoms with Gasteiger partial charge in [0.25, 0.3) is 0 Å². The molecule has 0 N–H and O–H groups in total. The van der Waals surface area contributed by atoms with Gasteiger partial charge in [-0.2, -0.15) is 0 Å². The van der Waals surface area contributed by atoms with Gasteiger partial charge in [-0.1, -0.05) is 18.2 Å². The van der Waals surface area contributed by atoms with E-state index >= 15 is 0 Å². The van der Waals surface area contributed by atoms with Crippen molar-refractivity contribution in [2.24, 2.45) is 5.92 Å². The van der Waals surface area contributed by atoms with E-state index in [1.54, 1.807) is 43.2 Å². The molecular formula is C22H23NO5. The van der Waals surface area contributed by atoms with Crippen molar-refractivity contribution in [1.82, 2.24) is 0 Å². The molecule has 2 aromatic carbocycles. The number of rotatable bonds is 6. The van der Waals surface area contributed by atoms with Gasteiger partial charge in [-0.15, -0.1) is 0 Å². The summed E-state index contributed by atoms with van der Waals surface area (Å²) in [6.07, 6.45) is -0.847. The molecule has 0 aliphatic carbocycles. The normalized spacial score (nSPS) is 17.3. The summed E-state index contributed by atoms with van der Waals surface area (Å²) < 4.78 is 10.4. The highest BCUT2D eigenvalue weighted by Gasteiger charge is 2.37. The number of esters is 1. The number of anilines is 1. The number of ketones is 1. The molecule has 2 atom stereocenters. The predicted octanol–water partition coefficient (Wildman–Crippen LogP) is 3.17. The van der Waals surface area contributed by atoms with Crippen LogP contribution in [0.15, 0.2) is 48.5 Å². The maximum atomic E-state index is 12.5. The zero-order valence-corrected chi connectivity index (χ0v) is 16.2. The van der Waals surface area contributed by atoms with Gasteiger partial charge in [-0.05, 0) is 49.7 Å². The fraction of sp³-hybridized carbons (Fsp3) is 0.318. The van der Waals surface area contributed by atoms with Crippen LogP contribution in [-0.2, 0) is 14.3 Å². The molecule has 0 radical (unpaired) electrons. The minimum Gasteiger partial charge on any atom is -0.497 e. The van der Waals surface area contributed by atoms with E-state index in [0.717, 1.165) is 11.3 Å². The molecule has 1 saturated heterocycles. The Kier molecular flexibility index (Phi) is 5.78. The topological polar surface area (TPSA) is 72.9 Å². The first kappa shape index (κ1) is 19.6. The number of carbonyl (C=O) groups excluding carboxylic acids is 3. The molecule has 0 spiro atoms. The smallest absolute Gasteiger partial charge is 0.312 e. The standard InChI is InChI=1S/C22H23NO5/c1-14-6-4-5-7-19(14)23-13-17(12-20(23)24)22(26)28-15(2)21(25)16-8-10-18(27-3)11-9-16/h4-11,15,17H,12-13H2,1-3H3/t15-,17+/m0/s1. The SMILES string of the molecule is COc1ccc(C(=O)[C@H](C)OC(=O)[C@@H]2CC(=O)N(c3ccccc3C)C2)cc1. The number of methoxy groups -OCH3 is 1. The van der Waals surface area contributed by atoms with E-state index in [1.165, 1.54) is 0 Å². The molecule has 1 amide bonds. The monoisotopic (exact) mass is 381 g/mol. The van der Waals surface area contributed by atoms with Crippen LogP contribution in [0.1, 0.15) is 29.3 Å². The van der Waals surface area contributed by atoms with Crippen LogP contribution in [0.5, 0.6) is 5.75 Å². The van der Waals surface area contributed by atoms with Gasteiger partial charge < -0.3 is 14.4 Å². The fourth-order valence-electron chi connectivity index (χ4n) is 3.28. The molecule has 0 bridgehead atoms. The summed E-state index contributed by atoms with van der Waals surface area (Å²) in [7, 11) is 1.55. The molecule has 0 aromatic heterocycles. The van der Waals surface area contributed by atoms with Crippen molar-refractivity contribution in [3.05, 3.63) is 59.7 Å². The molecule has 0 unspecified atom stereocenters. The van der Waals surface area contributed by atoms with E-state index in [1.807, 2.05) is 31.2 Å². The second-order valence-electron chi connectivity index (χ2n) is 6.86. The lowest BCUT2D eigenvalue weighted by Gasteiger charge is -2.19. The average Bonchev–Trinajstić information content (AvgIpc) is 3.09. The average molecular weight is 381 g/mol. The molecule has 6 heteroatoms. The van der Waals surface area contributed by atoms with E-state index in [4.69, 9.17) is 9.47 Å². The number of carbonyl (C=O) groups is 3. The summed E-state index contributed by atoms with van der Waals surface area (Å²) in [6.45, 7) is 3.72. The highest BCUT2D eigenvalue weighted by molar-refractivity contribution is 6.02.